The predicted molar refractivity (Wildman–Crippen MR) is 107 cm³/mol. The van der Waals surface area contributed by atoms with E-state index in [9.17, 15) is 14.7 Å². The zero-order chi connectivity index (χ0) is 21.8. The first-order valence-corrected chi connectivity index (χ1v) is 9.47. The summed E-state index contributed by atoms with van der Waals surface area (Å²) in [5, 5.41) is 10.4. The van der Waals surface area contributed by atoms with Crippen molar-refractivity contribution in [3.05, 3.63) is 34.2 Å². The molecule has 166 valence electrons. The molecule has 0 saturated carbocycles. The molecule has 0 aliphatic heterocycles. The van der Waals surface area contributed by atoms with Crippen LogP contribution in [0.4, 0.5) is 0 Å². The zero-order valence-electron chi connectivity index (χ0n) is 16.9. The summed E-state index contributed by atoms with van der Waals surface area (Å²) in [6, 6.07) is 4.22. The Morgan fingerprint density at radius 3 is 2.10 bits per heavy atom. The third-order valence-electron chi connectivity index (χ3n) is 3.84. The van der Waals surface area contributed by atoms with E-state index in [0.29, 0.717) is 62.9 Å². The summed E-state index contributed by atoms with van der Waals surface area (Å²) in [6.07, 6.45) is 0. The zero-order valence-corrected chi connectivity index (χ0v) is 16.9. The second kappa shape index (κ2) is 12.8. The second-order valence-electron chi connectivity index (χ2n) is 6.27. The number of carbonyl (C=O) groups is 1. The Morgan fingerprint density at radius 1 is 0.933 bits per heavy atom. The fourth-order valence-electron chi connectivity index (χ4n) is 2.59. The standard InChI is InChI=1S/C20H27NO9/c1-14-10-19(24)30-17-12-15(22)11-16(20(14)17)29-9-8-27-5-4-25-2-3-26-6-7-28-13-18(21)23/h10-12,22H,2-9,13H2,1H3,(H2,21,23). The number of primary amides is 1. The number of aryl methyl sites for hydroxylation is 1. The van der Waals surface area contributed by atoms with Gasteiger partial charge < -0.3 is 38.9 Å². The number of ether oxygens (including phenoxy) is 5. The van der Waals surface area contributed by atoms with Crippen molar-refractivity contribution in [3.8, 4) is 11.5 Å². The summed E-state index contributed by atoms with van der Waals surface area (Å²) >= 11 is 0. The second-order valence-corrected chi connectivity index (χ2v) is 6.27. The summed E-state index contributed by atoms with van der Waals surface area (Å²) in [5.41, 5.74) is 5.42. The smallest absolute Gasteiger partial charge is 0.336 e. The summed E-state index contributed by atoms with van der Waals surface area (Å²) in [4.78, 5) is 21.9. The highest BCUT2D eigenvalue weighted by atomic mass is 16.6. The lowest BCUT2D eigenvalue weighted by Gasteiger charge is -2.11. The molecule has 10 heteroatoms. The van der Waals surface area contributed by atoms with Crippen molar-refractivity contribution in [1.82, 2.24) is 0 Å². The Morgan fingerprint density at radius 2 is 1.50 bits per heavy atom. The number of hydrogen-bond donors (Lipinski definition) is 2. The van der Waals surface area contributed by atoms with Crippen molar-refractivity contribution in [2.75, 3.05) is 59.5 Å². The molecule has 3 N–H and O–H groups in total. The van der Waals surface area contributed by atoms with Crippen molar-refractivity contribution in [3.63, 3.8) is 0 Å². The van der Waals surface area contributed by atoms with Crippen LogP contribution in [0.25, 0.3) is 11.0 Å². The first-order valence-electron chi connectivity index (χ1n) is 9.47. The fraction of sp³-hybridized carbons (Fsp3) is 0.500. The summed E-state index contributed by atoms with van der Waals surface area (Å²) < 4.78 is 31.8. The van der Waals surface area contributed by atoms with E-state index < -0.39 is 11.5 Å². The lowest BCUT2D eigenvalue weighted by atomic mass is 10.1. The summed E-state index contributed by atoms with van der Waals surface area (Å²) in [7, 11) is 0. The molecule has 0 atom stereocenters. The highest BCUT2D eigenvalue weighted by Gasteiger charge is 2.11. The summed E-state index contributed by atoms with van der Waals surface area (Å²) in [6.45, 7) is 4.51. The Hall–Kier alpha value is -2.66. The Balaban J connectivity index is 1.55. The van der Waals surface area contributed by atoms with Crippen LogP contribution < -0.4 is 16.1 Å². The third kappa shape index (κ3) is 8.37. The van der Waals surface area contributed by atoms with Crippen molar-refractivity contribution < 1.29 is 38.0 Å². The minimum atomic E-state index is -0.512. The number of nitrogens with two attached hydrogens (primary N) is 1. The van der Waals surface area contributed by atoms with Crippen molar-refractivity contribution in [2.45, 2.75) is 6.92 Å². The van der Waals surface area contributed by atoms with Gasteiger partial charge in [-0.15, -0.1) is 0 Å². The topological polar surface area (TPSA) is 140 Å². The molecule has 10 nitrogen and oxygen atoms in total. The maximum Gasteiger partial charge on any atom is 0.336 e. The van der Waals surface area contributed by atoms with Crippen LogP contribution in [0.5, 0.6) is 11.5 Å². The number of hydrogen-bond acceptors (Lipinski definition) is 9. The average Bonchev–Trinajstić information content (AvgIpc) is 2.67. The van der Waals surface area contributed by atoms with Gasteiger partial charge >= 0.3 is 5.63 Å². The van der Waals surface area contributed by atoms with E-state index in [0.717, 1.165) is 0 Å². The average molecular weight is 425 g/mol. The van der Waals surface area contributed by atoms with Crippen LogP contribution in [0, 0.1) is 6.92 Å². The van der Waals surface area contributed by atoms with Crippen LogP contribution in [0.15, 0.2) is 27.4 Å². The maximum atomic E-state index is 11.5. The number of amides is 1. The van der Waals surface area contributed by atoms with Crippen LogP contribution >= 0.6 is 0 Å². The van der Waals surface area contributed by atoms with Gasteiger partial charge in [0.2, 0.25) is 5.91 Å². The largest absolute Gasteiger partial charge is 0.508 e. The molecule has 2 aromatic rings. The molecule has 0 radical (unpaired) electrons. The van der Waals surface area contributed by atoms with Gasteiger partial charge in [0.15, 0.2) is 0 Å². The van der Waals surface area contributed by atoms with Crippen LogP contribution in [-0.4, -0.2) is 70.5 Å². The molecule has 0 unspecified atom stereocenters. The van der Waals surface area contributed by atoms with E-state index in [2.05, 4.69) is 0 Å². The molecule has 0 aliphatic rings. The van der Waals surface area contributed by atoms with Crippen LogP contribution in [0.2, 0.25) is 0 Å². The Kier molecular flexibility index (Phi) is 10.1. The lowest BCUT2D eigenvalue weighted by molar-refractivity contribution is -0.123. The molecule has 0 spiro atoms. The molecule has 0 fully saturated rings. The van der Waals surface area contributed by atoms with Gasteiger partial charge in [0.25, 0.3) is 0 Å². The molecular weight excluding hydrogens is 398 g/mol. The lowest BCUT2D eigenvalue weighted by Crippen LogP contribution is -2.20. The van der Waals surface area contributed by atoms with Gasteiger partial charge in [-0.1, -0.05) is 0 Å². The number of carbonyl (C=O) groups excluding carboxylic acids is 1. The van der Waals surface area contributed by atoms with E-state index in [1.165, 1.54) is 18.2 Å². The number of aromatic hydroxyl groups is 1. The third-order valence-corrected chi connectivity index (χ3v) is 3.84. The molecule has 1 amide bonds. The van der Waals surface area contributed by atoms with Crippen molar-refractivity contribution >= 4 is 16.9 Å². The van der Waals surface area contributed by atoms with E-state index in [4.69, 9.17) is 33.8 Å². The number of rotatable bonds is 15. The van der Waals surface area contributed by atoms with E-state index in [1.807, 2.05) is 0 Å². The summed E-state index contributed by atoms with van der Waals surface area (Å²) in [5.74, 6) is -0.146. The van der Waals surface area contributed by atoms with Crippen LogP contribution in [-0.2, 0) is 23.7 Å². The molecule has 0 bridgehead atoms. The van der Waals surface area contributed by atoms with Crippen molar-refractivity contribution in [2.24, 2.45) is 5.73 Å². The first kappa shape index (κ1) is 23.6. The Labute approximate surface area is 173 Å². The van der Waals surface area contributed by atoms with Gasteiger partial charge in [0.05, 0.1) is 51.6 Å². The highest BCUT2D eigenvalue weighted by molar-refractivity contribution is 5.88. The van der Waals surface area contributed by atoms with E-state index >= 15 is 0 Å². The first-order chi connectivity index (χ1) is 14.5. The van der Waals surface area contributed by atoms with Gasteiger partial charge in [-0.05, 0) is 12.5 Å². The van der Waals surface area contributed by atoms with E-state index in [-0.39, 0.29) is 24.5 Å². The molecule has 1 aromatic carbocycles. The minimum Gasteiger partial charge on any atom is -0.508 e. The minimum absolute atomic E-state index is 0.0535. The molecule has 0 saturated heterocycles. The number of phenolic OH excluding ortho intramolecular Hbond substituents is 1. The Bertz CT molecular complexity index is 865. The molecule has 30 heavy (non-hydrogen) atoms. The van der Waals surface area contributed by atoms with E-state index in [1.54, 1.807) is 6.92 Å². The maximum absolute atomic E-state index is 11.5. The number of benzene rings is 1. The van der Waals surface area contributed by atoms with Gasteiger partial charge in [-0.3, -0.25) is 4.79 Å². The number of fused-ring (bicyclic) bond motifs is 1. The van der Waals surface area contributed by atoms with Gasteiger partial charge in [0, 0.05) is 18.2 Å². The van der Waals surface area contributed by atoms with Gasteiger partial charge in [-0.25, -0.2) is 4.79 Å². The molecule has 0 aliphatic carbocycles. The van der Waals surface area contributed by atoms with Gasteiger partial charge in [-0.2, -0.15) is 0 Å². The fourth-order valence-corrected chi connectivity index (χ4v) is 2.59. The SMILES string of the molecule is Cc1cc(=O)oc2cc(O)cc(OCCOCCOCCOCCOCC(N)=O)c12. The number of phenols is 1. The van der Waals surface area contributed by atoms with Gasteiger partial charge in [0.1, 0.15) is 30.3 Å². The normalized spacial score (nSPS) is 11.1. The molecule has 2 rings (SSSR count). The quantitative estimate of drug-likeness (QED) is 0.312. The predicted octanol–water partition coefficient (Wildman–Crippen LogP) is 0.738. The highest BCUT2D eigenvalue weighted by Crippen LogP contribution is 2.32. The van der Waals surface area contributed by atoms with Crippen LogP contribution in [0.3, 0.4) is 0 Å². The molecule has 1 heterocycles. The van der Waals surface area contributed by atoms with Crippen molar-refractivity contribution in [1.29, 1.82) is 0 Å². The van der Waals surface area contributed by atoms with Crippen LogP contribution in [0.1, 0.15) is 5.56 Å². The molecular formula is C20H27NO9. The molecule has 1 aromatic heterocycles. The monoisotopic (exact) mass is 425 g/mol.